The number of anilines is 3. The average Bonchev–Trinajstić information content (AvgIpc) is 0.892. The molecule has 9 nitrogen and oxygen atoms in total. The second-order valence-electron chi connectivity index (χ2n) is 25.8. The van der Waals surface area contributed by atoms with Crippen LogP contribution in [0.4, 0.5) is 21.5 Å². The number of hydrogen-bond donors (Lipinski definition) is 5. The van der Waals surface area contributed by atoms with Crippen LogP contribution in [0.25, 0.3) is 12.2 Å². The number of nitrogens with zero attached hydrogens (tertiary/aromatic N) is 2. The fourth-order valence-electron chi connectivity index (χ4n) is 10.2. The van der Waals surface area contributed by atoms with E-state index in [4.69, 9.17) is 186 Å². The summed E-state index contributed by atoms with van der Waals surface area (Å²) in [6, 6.07) is 85.8. The summed E-state index contributed by atoms with van der Waals surface area (Å²) in [4.78, 5) is 32.0. The molecule has 0 spiro atoms. The van der Waals surface area contributed by atoms with E-state index in [1.54, 1.807) is 122 Å². The zero-order valence-electron chi connectivity index (χ0n) is 64.1. The highest BCUT2D eigenvalue weighted by molar-refractivity contribution is 9.10. The largest absolute Gasteiger partial charge is 0.381 e. The van der Waals surface area contributed by atoms with E-state index in [1.807, 2.05) is 182 Å². The van der Waals surface area contributed by atoms with Gasteiger partial charge in [0.2, 0.25) is 0 Å². The Kier molecular flexibility index (Phi) is 44.2. The average molecular weight is 2010 g/mol. The Morgan fingerprint density at radius 3 is 1.01 bits per heavy atom. The highest BCUT2D eigenvalue weighted by atomic mass is 79.9. The molecular formula is C95H73BrCl16FN7O2. The number of benzene rings is 12. The number of pyridine rings is 2. The van der Waals surface area contributed by atoms with E-state index in [-0.39, 0.29) is 17.4 Å². The van der Waals surface area contributed by atoms with E-state index >= 15 is 0 Å². The van der Waals surface area contributed by atoms with E-state index in [0.717, 1.165) is 109 Å². The standard InChI is InChI=1S/C15H9Cl3O.C15H10Cl2O.C13H10BrCl2N.C13H10Cl3N.C13H10Cl2FN.2C13H12Cl2N2/c16-12-5-3-11(4-6-12)15(19)8-2-10-1-7-13(17)14(18)9-10;16-13-8-6-11(10-14(13)17)7-9-15(18)12-4-2-1-3-5-12;2*14-10-2-4-11(5-3-10)17-8-9-1-6-12(15)13(16)7-9;14-12-6-1-9(7-13(12)15)8-17-11-4-2-10(16)3-5-11;14-12-4-3-10(6-13(12)15)7-17-9-11-2-1-5-16-8-11;14-12-5-4-10(7-13(12)15)8-16-9-11-3-1-2-6-17-11/h1-9H;1-10H;3*1-7,17H,8H2;1-6,8,17H,7,9H2;1-7,16H,8-9H2/b8-2+;9-7+;;;;;. The van der Waals surface area contributed by atoms with Gasteiger partial charge in [0.05, 0.1) is 76.0 Å². The van der Waals surface area contributed by atoms with Crippen LogP contribution in [0.2, 0.25) is 80.4 Å². The SMILES string of the molecule is Clc1ccc(CNCc2ccccn2)cc1Cl.Clc1ccc(CNCc2cccnc2)cc1Cl.Clc1ccc(CNc2ccc(Br)cc2)cc1Cl.Clc1ccc(NCc2ccc(Cl)c(Cl)c2)cc1.Fc1ccc(NCc2ccc(Cl)c(Cl)c2)cc1.O=C(/C=C/c1ccc(Cl)c(Cl)c1)c1ccc(Cl)cc1.O=C(/C=C/c1ccc(Cl)c(Cl)c1)c1ccccc1. The minimum absolute atomic E-state index is 0.0401. The number of nitrogens with one attached hydrogen (secondary N) is 5. The van der Waals surface area contributed by atoms with Gasteiger partial charge in [0.1, 0.15) is 5.82 Å². The van der Waals surface area contributed by atoms with Gasteiger partial charge in [-0.15, -0.1) is 0 Å². The highest BCUT2D eigenvalue weighted by Crippen LogP contribution is 2.30. The van der Waals surface area contributed by atoms with Crippen molar-refractivity contribution in [1.29, 1.82) is 0 Å². The van der Waals surface area contributed by atoms with Crippen LogP contribution >= 0.6 is 202 Å². The normalized spacial score (nSPS) is 10.5. The molecule has 5 N–H and O–H groups in total. The lowest BCUT2D eigenvalue weighted by Gasteiger charge is -2.07. The lowest BCUT2D eigenvalue weighted by molar-refractivity contribution is 0.103. The van der Waals surface area contributed by atoms with Gasteiger partial charge in [0.25, 0.3) is 0 Å². The third-order valence-corrected chi connectivity index (χ3v) is 22.8. The smallest absolute Gasteiger partial charge is 0.185 e. The third kappa shape index (κ3) is 37.5. The van der Waals surface area contributed by atoms with Crippen molar-refractivity contribution in [1.82, 2.24) is 20.6 Å². The molecule has 0 fully saturated rings. The summed E-state index contributed by atoms with van der Waals surface area (Å²) < 4.78 is 13.8. The summed E-state index contributed by atoms with van der Waals surface area (Å²) in [5.41, 5.74) is 13.4. The first kappa shape index (κ1) is 99.6. The summed E-state index contributed by atoms with van der Waals surface area (Å²) in [7, 11) is 0. The molecule has 27 heteroatoms. The van der Waals surface area contributed by atoms with Crippen molar-refractivity contribution in [3.05, 3.63) is 468 Å². The van der Waals surface area contributed by atoms with Gasteiger partial charge in [0.15, 0.2) is 11.6 Å². The third-order valence-electron chi connectivity index (χ3n) is 16.6. The fraction of sp³-hybridized carbons (Fsp3) is 0.0737. The lowest BCUT2D eigenvalue weighted by atomic mass is 10.1. The number of carbonyl (C=O) groups excluding carboxylic acids is 2. The van der Waals surface area contributed by atoms with Crippen LogP contribution in [0, 0.1) is 5.82 Å². The second kappa shape index (κ2) is 54.1. The van der Waals surface area contributed by atoms with Crippen molar-refractivity contribution in [2.75, 3.05) is 16.0 Å². The Labute approximate surface area is 798 Å². The summed E-state index contributed by atoms with van der Waals surface area (Å²) >= 11 is 97.3. The molecular weight excluding hydrogens is 1940 g/mol. The Morgan fingerprint density at radius 1 is 0.303 bits per heavy atom. The van der Waals surface area contributed by atoms with Crippen molar-refractivity contribution < 1.29 is 14.0 Å². The summed E-state index contributed by atoms with van der Waals surface area (Å²) in [5.74, 6) is -0.380. The number of carbonyl (C=O) groups is 2. The quantitative estimate of drug-likeness (QED) is 0.0315. The van der Waals surface area contributed by atoms with Gasteiger partial charge in [-0.1, -0.05) is 299 Å². The van der Waals surface area contributed by atoms with Crippen LogP contribution in [-0.4, -0.2) is 21.5 Å². The zero-order valence-corrected chi connectivity index (χ0v) is 77.8. The molecule has 626 valence electrons. The molecule has 14 aromatic rings. The molecule has 14 rings (SSSR count). The number of allylic oxidation sites excluding steroid dienone is 2. The zero-order chi connectivity index (χ0) is 87.7. The van der Waals surface area contributed by atoms with Gasteiger partial charge >= 0.3 is 0 Å². The van der Waals surface area contributed by atoms with Crippen LogP contribution in [-0.2, 0) is 45.8 Å². The van der Waals surface area contributed by atoms with Gasteiger partial charge in [-0.2, -0.15) is 0 Å². The van der Waals surface area contributed by atoms with Crippen molar-refractivity contribution in [3.8, 4) is 0 Å². The van der Waals surface area contributed by atoms with E-state index in [9.17, 15) is 14.0 Å². The molecule has 0 amide bonds. The molecule has 0 saturated carbocycles. The molecule has 12 aromatic carbocycles. The first-order valence-corrected chi connectivity index (χ1v) is 43.6. The molecule has 0 aliphatic heterocycles. The van der Waals surface area contributed by atoms with E-state index < -0.39 is 0 Å². The van der Waals surface area contributed by atoms with Crippen LogP contribution in [0.1, 0.15) is 70.9 Å². The Bertz CT molecular complexity index is 5380. The lowest BCUT2D eigenvalue weighted by Crippen LogP contribution is -2.13. The van der Waals surface area contributed by atoms with Crippen molar-refractivity contribution in [2.45, 2.75) is 45.8 Å². The Morgan fingerprint density at radius 2 is 0.639 bits per heavy atom. The van der Waals surface area contributed by atoms with Crippen LogP contribution < -0.4 is 26.6 Å². The minimum atomic E-state index is -0.245. The predicted molar refractivity (Wildman–Crippen MR) is 523 cm³/mol. The molecule has 0 aliphatic rings. The van der Waals surface area contributed by atoms with Gasteiger partial charge in [-0.3, -0.25) is 19.6 Å². The number of ketones is 2. The van der Waals surface area contributed by atoms with E-state index in [1.165, 1.54) is 24.3 Å². The molecule has 0 saturated heterocycles. The predicted octanol–water partition coefficient (Wildman–Crippen LogP) is 33.2. The van der Waals surface area contributed by atoms with Crippen molar-refractivity contribution >= 4 is 242 Å². The molecule has 122 heavy (non-hydrogen) atoms. The number of aromatic nitrogens is 2. The first-order valence-electron chi connectivity index (χ1n) is 36.7. The number of hydrogen-bond acceptors (Lipinski definition) is 9. The summed E-state index contributed by atoms with van der Waals surface area (Å²) in [6.07, 6.45) is 11.8. The summed E-state index contributed by atoms with van der Waals surface area (Å²) in [6.45, 7) is 5.05. The van der Waals surface area contributed by atoms with Crippen LogP contribution in [0.5, 0.6) is 0 Å². The Hall–Kier alpha value is -7.87. The molecule has 2 heterocycles. The van der Waals surface area contributed by atoms with Gasteiger partial charge in [0, 0.05) is 107 Å². The number of rotatable bonds is 23. The topological polar surface area (TPSA) is 120 Å². The van der Waals surface area contributed by atoms with Gasteiger partial charge in [-0.05, 0) is 257 Å². The van der Waals surface area contributed by atoms with Crippen LogP contribution in [0.3, 0.4) is 0 Å². The number of halogens is 18. The molecule has 0 unspecified atom stereocenters. The fourth-order valence-corrected chi connectivity index (χ4v) is 13.0. The maximum absolute atomic E-state index is 12.7. The van der Waals surface area contributed by atoms with E-state index in [0.29, 0.717) is 99.6 Å². The maximum atomic E-state index is 12.7. The molecule has 0 atom stereocenters. The van der Waals surface area contributed by atoms with Gasteiger partial charge < -0.3 is 26.6 Å². The first-order chi connectivity index (χ1) is 58.7. The minimum Gasteiger partial charge on any atom is -0.381 e. The monoisotopic (exact) mass is 2000 g/mol. The van der Waals surface area contributed by atoms with Crippen molar-refractivity contribution in [2.24, 2.45) is 0 Å². The van der Waals surface area contributed by atoms with Crippen molar-refractivity contribution in [3.63, 3.8) is 0 Å². The second-order valence-corrected chi connectivity index (χ2v) is 33.3. The summed E-state index contributed by atoms with van der Waals surface area (Å²) in [5, 5.41) is 25.4. The molecule has 2 aromatic heterocycles. The molecule has 0 bridgehead atoms. The molecule has 0 radical (unpaired) electrons. The Balaban J connectivity index is 0.000000177. The highest BCUT2D eigenvalue weighted by Gasteiger charge is 2.09. The van der Waals surface area contributed by atoms with Gasteiger partial charge in [-0.25, -0.2) is 4.39 Å². The maximum Gasteiger partial charge on any atom is 0.185 e. The van der Waals surface area contributed by atoms with Crippen LogP contribution in [0.15, 0.2) is 320 Å². The molecule has 0 aliphatic carbocycles. The van der Waals surface area contributed by atoms with E-state index in [2.05, 4.69) is 52.5 Å².